The molecule has 0 amide bonds. The topological polar surface area (TPSA) is 133 Å². The molecule has 4 fully saturated rings. The van der Waals surface area contributed by atoms with Crippen LogP contribution in [0.4, 0.5) is 0 Å². The average Bonchev–Trinajstić information content (AvgIpc) is 2.79. The molecule has 37 heavy (non-hydrogen) atoms. The van der Waals surface area contributed by atoms with E-state index in [0.29, 0.717) is 5.57 Å². The number of Topliss-reactive ketones (excluding diaryl/α,β-unsaturated/α-hetero) is 2. The summed E-state index contributed by atoms with van der Waals surface area (Å²) in [6.45, 7) is 15.7. The van der Waals surface area contributed by atoms with Crippen LogP contribution in [0.5, 0.6) is 0 Å². The van der Waals surface area contributed by atoms with Crippen molar-refractivity contribution in [1.82, 2.24) is 0 Å². The van der Waals surface area contributed by atoms with Gasteiger partial charge < -0.3 is 19.3 Å². The Morgan fingerprint density at radius 3 is 2.14 bits per heavy atom. The van der Waals surface area contributed by atoms with Crippen LogP contribution in [-0.2, 0) is 38.2 Å². The number of aliphatic hydroxyl groups is 1. The molecule has 204 valence electrons. The van der Waals surface area contributed by atoms with Gasteiger partial charge in [-0.1, -0.05) is 39.8 Å². The van der Waals surface area contributed by atoms with Crippen molar-refractivity contribution in [3.05, 3.63) is 12.2 Å². The molecular formula is C28H38O9. The molecule has 0 aromatic heterocycles. The van der Waals surface area contributed by atoms with Gasteiger partial charge in [0.2, 0.25) is 0 Å². The summed E-state index contributed by atoms with van der Waals surface area (Å²) in [5.41, 5.74) is -6.09. The summed E-state index contributed by atoms with van der Waals surface area (Å²) in [5, 5.41) is 11.4. The second-order valence-electron chi connectivity index (χ2n) is 12.8. The van der Waals surface area contributed by atoms with Gasteiger partial charge in [-0.3, -0.25) is 19.2 Å². The Kier molecular flexibility index (Phi) is 5.93. The molecule has 9 atom stereocenters. The predicted octanol–water partition coefficient (Wildman–Crippen LogP) is 2.57. The number of carbonyl (C=O) groups is 5. The zero-order valence-electron chi connectivity index (χ0n) is 22.9. The summed E-state index contributed by atoms with van der Waals surface area (Å²) < 4.78 is 16.3. The minimum Gasteiger partial charge on any atom is -0.466 e. The second-order valence-corrected chi connectivity index (χ2v) is 12.8. The molecule has 3 aliphatic carbocycles. The maximum Gasteiger partial charge on any atom is 0.358 e. The van der Waals surface area contributed by atoms with Crippen LogP contribution >= 0.6 is 0 Å². The third kappa shape index (κ3) is 3.15. The van der Waals surface area contributed by atoms with Crippen LogP contribution in [0, 0.1) is 39.4 Å². The van der Waals surface area contributed by atoms with E-state index in [1.165, 1.54) is 13.8 Å². The highest BCUT2D eigenvalue weighted by Crippen LogP contribution is 2.72. The van der Waals surface area contributed by atoms with Gasteiger partial charge in [0.25, 0.3) is 5.60 Å². The summed E-state index contributed by atoms with van der Waals surface area (Å²) in [7, 11) is 1.11. The molecule has 4 aliphatic rings. The number of ether oxygens (including phenoxy) is 3. The van der Waals surface area contributed by atoms with Crippen molar-refractivity contribution in [2.45, 2.75) is 85.5 Å². The summed E-state index contributed by atoms with van der Waals surface area (Å²) in [4.78, 5) is 66.0. The Bertz CT molecular complexity index is 1120. The largest absolute Gasteiger partial charge is 0.466 e. The van der Waals surface area contributed by atoms with E-state index >= 15 is 0 Å². The molecule has 9 heteroatoms. The monoisotopic (exact) mass is 518 g/mol. The lowest BCUT2D eigenvalue weighted by molar-refractivity contribution is -0.263. The molecular weight excluding hydrogens is 480 g/mol. The van der Waals surface area contributed by atoms with Crippen molar-refractivity contribution in [3.63, 3.8) is 0 Å². The summed E-state index contributed by atoms with van der Waals surface area (Å²) >= 11 is 0. The molecule has 1 aliphatic heterocycles. The molecule has 1 saturated heterocycles. The van der Waals surface area contributed by atoms with Crippen LogP contribution in [0.25, 0.3) is 0 Å². The van der Waals surface area contributed by atoms with E-state index in [0.717, 1.165) is 7.11 Å². The van der Waals surface area contributed by atoms with Crippen molar-refractivity contribution in [3.8, 4) is 0 Å². The van der Waals surface area contributed by atoms with Gasteiger partial charge in [0.1, 0.15) is 11.9 Å². The van der Waals surface area contributed by atoms with Crippen LogP contribution in [0.15, 0.2) is 12.2 Å². The Morgan fingerprint density at radius 1 is 1.00 bits per heavy atom. The molecule has 0 radical (unpaired) electrons. The molecule has 4 rings (SSSR count). The first-order valence-electron chi connectivity index (χ1n) is 12.8. The van der Waals surface area contributed by atoms with Gasteiger partial charge in [0, 0.05) is 29.6 Å². The summed E-state index contributed by atoms with van der Waals surface area (Å²) in [6.07, 6.45) is -1.46. The molecule has 1 N–H and O–H groups in total. The van der Waals surface area contributed by atoms with Gasteiger partial charge in [-0.2, -0.15) is 0 Å². The van der Waals surface area contributed by atoms with E-state index in [1.807, 2.05) is 20.8 Å². The van der Waals surface area contributed by atoms with Crippen LogP contribution in [-0.4, -0.2) is 59.5 Å². The van der Waals surface area contributed by atoms with Crippen LogP contribution in [0.1, 0.15) is 67.7 Å². The smallest absolute Gasteiger partial charge is 0.358 e. The SMILES string of the molecule is C=C1C[C@H]2[C@]3(C)[C@H](O)CC(=O)C(C)(C)[C@H]3C[C@H](OC(C)=O)[C@]2(C)[C@H]2C(=O)O[C@](C)(C(=O)OC)C(=O)[C@]12C. The lowest BCUT2D eigenvalue weighted by Gasteiger charge is -2.70. The van der Waals surface area contributed by atoms with Crippen LogP contribution < -0.4 is 0 Å². The standard InChI is InChI=1S/C28H38O9/c1-13-10-16-26(6)15(24(3,4)17(30)12-18(26)31)11-19(36-14(2)29)27(16,7)20-21(32)37-28(8,23(34)35-9)22(33)25(13,20)5/h15-16,18-20,31H,1,10-12H2,2-9H3/t15-,16+,18-,19+,20+,25-,26-,27-,28+/m1/s1. The number of allylic oxidation sites excluding steroid dienone is 1. The van der Waals surface area contributed by atoms with E-state index in [2.05, 4.69) is 6.58 Å². The lowest BCUT2D eigenvalue weighted by atomic mass is 9.34. The van der Waals surface area contributed by atoms with Gasteiger partial charge in [0.05, 0.1) is 24.5 Å². The summed E-state index contributed by atoms with van der Waals surface area (Å²) in [5.74, 6) is -5.06. The van der Waals surface area contributed by atoms with Crippen molar-refractivity contribution in [2.75, 3.05) is 7.11 Å². The first kappa shape index (κ1) is 27.5. The first-order valence-corrected chi connectivity index (χ1v) is 12.8. The van der Waals surface area contributed by atoms with Crippen LogP contribution in [0.2, 0.25) is 0 Å². The molecule has 0 spiro atoms. The molecule has 0 aromatic rings. The average molecular weight is 519 g/mol. The van der Waals surface area contributed by atoms with Gasteiger partial charge in [-0.15, -0.1) is 0 Å². The number of methoxy groups -OCH3 is 1. The fourth-order valence-corrected chi connectivity index (χ4v) is 8.65. The number of aliphatic hydroxyl groups excluding tert-OH is 1. The Balaban J connectivity index is 1.97. The number of esters is 3. The van der Waals surface area contributed by atoms with Crippen molar-refractivity contribution in [2.24, 2.45) is 39.4 Å². The summed E-state index contributed by atoms with van der Waals surface area (Å²) in [6, 6.07) is 0. The number of hydrogen-bond donors (Lipinski definition) is 1. The third-order valence-corrected chi connectivity index (χ3v) is 10.8. The van der Waals surface area contributed by atoms with E-state index in [9.17, 15) is 29.1 Å². The maximum absolute atomic E-state index is 14.0. The number of fused-ring (bicyclic) bond motifs is 5. The quantitative estimate of drug-likeness (QED) is 0.253. The number of ketones is 2. The minimum absolute atomic E-state index is 0.0387. The predicted molar refractivity (Wildman–Crippen MR) is 130 cm³/mol. The number of cyclic esters (lactones) is 1. The highest BCUT2D eigenvalue weighted by atomic mass is 16.6. The number of rotatable bonds is 2. The van der Waals surface area contributed by atoms with Crippen LogP contribution in [0.3, 0.4) is 0 Å². The lowest BCUT2D eigenvalue weighted by Crippen LogP contribution is -2.75. The molecule has 0 bridgehead atoms. The first-order chi connectivity index (χ1) is 16.8. The van der Waals surface area contributed by atoms with Crippen molar-refractivity contribution >= 4 is 29.5 Å². The van der Waals surface area contributed by atoms with E-state index in [-0.39, 0.29) is 31.0 Å². The Labute approximate surface area is 217 Å². The number of hydrogen-bond acceptors (Lipinski definition) is 9. The maximum atomic E-state index is 14.0. The van der Waals surface area contributed by atoms with Crippen molar-refractivity contribution < 1.29 is 43.3 Å². The highest BCUT2D eigenvalue weighted by Gasteiger charge is 2.77. The zero-order chi connectivity index (χ0) is 28.1. The molecule has 1 heterocycles. The molecule has 0 aromatic carbocycles. The van der Waals surface area contributed by atoms with E-state index in [4.69, 9.17) is 14.2 Å². The minimum atomic E-state index is -2.15. The second kappa shape index (κ2) is 7.98. The van der Waals surface area contributed by atoms with Gasteiger partial charge in [-0.25, -0.2) is 4.79 Å². The molecule has 0 unspecified atom stereocenters. The highest BCUT2D eigenvalue weighted by molar-refractivity contribution is 6.15. The third-order valence-electron chi connectivity index (χ3n) is 10.8. The van der Waals surface area contributed by atoms with E-state index < -0.39 is 75.0 Å². The fourth-order valence-electron chi connectivity index (χ4n) is 8.65. The molecule has 3 saturated carbocycles. The number of carbonyl (C=O) groups excluding carboxylic acids is 5. The van der Waals surface area contributed by atoms with E-state index in [1.54, 1.807) is 13.8 Å². The molecule has 9 nitrogen and oxygen atoms in total. The normalized spacial score (nSPS) is 46.7. The zero-order valence-corrected chi connectivity index (χ0v) is 22.9. The van der Waals surface area contributed by atoms with Gasteiger partial charge in [-0.05, 0) is 38.5 Å². The fraction of sp³-hybridized carbons (Fsp3) is 0.750. The van der Waals surface area contributed by atoms with Gasteiger partial charge in [0.15, 0.2) is 5.78 Å². The van der Waals surface area contributed by atoms with Crippen molar-refractivity contribution in [1.29, 1.82) is 0 Å². The Morgan fingerprint density at radius 2 is 1.59 bits per heavy atom. The Hall–Kier alpha value is -2.55. The van der Waals surface area contributed by atoms with Gasteiger partial charge >= 0.3 is 17.9 Å².